The Kier molecular flexibility index (Phi) is 6.93. The third kappa shape index (κ3) is 5.03. The Bertz CT molecular complexity index is 1200. The summed E-state index contributed by atoms with van der Waals surface area (Å²) < 4.78 is 0.894. The van der Waals surface area contributed by atoms with Crippen LogP contribution in [0.4, 0.5) is 16.5 Å². The molecule has 7 nitrogen and oxygen atoms in total. The van der Waals surface area contributed by atoms with Crippen molar-refractivity contribution in [3.8, 4) is 6.07 Å². The van der Waals surface area contributed by atoms with Crippen LogP contribution in [0.25, 0.3) is 15.6 Å². The number of carboxylic acids is 1. The number of benzene rings is 1. The molecule has 1 N–H and O–H groups in total. The van der Waals surface area contributed by atoms with E-state index in [1.807, 2.05) is 12.1 Å². The van der Waals surface area contributed by atoms with E-state index in [1.54, 1.807) is 6.07 Å². The highest BCUT2D eigenvalue weighted by Gasteiger charge is 2.18. The van der Waals surface area contributed by atoms with Gasteiger partial charge in [0.15, 0.2) is 0 Å². The number of aromatic nitrogens is 1. The van der Waals surface area contributed by atoms with Crippen molar-refractivity contribution < 1.29 is 9.90 Å². The standard InChI is InChI=1S/C23H23N5O2S2/c1-2-3-4-5-9-28-10-8-15-11-17(6-7-19(15)28)26-27-23-25-21-20(32-23)13-18(31-21)12-16(14-24)22(29)30/h6-7,11-13H,2-5,8-10H2,1H3,(H,29,30)/b16-12+,27-26+. The Morgan fingerprint density at radius 2 is 2.16 bits per heavy atom. The second kappa shape index (κ2) is 10.0. The van der Waals surface area contributed by atoms with Crippen molar-refractivity contribution in [3.05, 3.63) is 40.3 Å². The molecule has 1 aliphatic rings. The van der Waals surface area contributed by atoms with Crippen molar-refractivity contribution >= 4 is 60.8 Å². The maximum atomic E-state index is 11.0. The summed E-state index contributed by atoms with van der Waals surface area (Å²) in [4.78, 5) is 19.4. The van der Waals surface area contributed by atoms with Gasteiger partial charge >= 0.3 is 5.97 Å². The summed E-state index contributed by atoms with van der Waals surface area (Å²) in [5, 5.41) is 27.1. The molecule has 3 heterocycles. The van der Waals surface area contributed by atoms with Gasteiger partial charge in [-0.2, -0.15) is 5.26 Å². The molecule has 0 unspecified atom stereocenters. The summed E-state index contributed by atoms with van der Waals surface area (Å²) in [6.07, 6.45) is 7.48. The molecule has 0 spiro atoms. The van der Waals surface area contributed by atoms with Crippen LogP contribution in [-0.2, 0) is 11.2 Å². The summed E-state index contributed by atoms with van der Waals surface area (Å²) in [5.74, 6) is -1.24. The van der Waals surface area contributed by atoms with Crippen LogP contribution in [0.5, 0.6) is 0 Å². The van der Waals surface area contributed by atoms with Gasteiger partial charge in [-0.15, -0.1) is 21.6 Å². The molecular weight excluding hydrogens is 442 g/mol. The van der Waals surface area contributed by atoms with E-state index in [0.29, 0.717) is 10.0 Å². The first-order chi connectivity index (χ1) is 15.6. The van der Waals surface area contributed by atoms with Crippen LogP contribution in [0.3, 0.4) is 0 Å². The van der Waals surface area contributed by atoms with Gasteiger partial charge in [0, 0.05) is 23.7 Å². The van der Waals surface area contributed by atoms with Gasteiger partial charge < -0.3 is 10.0 Å². The number of unbranched alkanes of at least 4 members (excludes halogenated alkanes) is 3. The van der Waals surface area contributed by atoms with Gasteiger partial charge in [0.25, 0.3) is 0 Å². The minimum absolute atomic E-state index is 0.296. The summed E-state index contributed by atoms with van der Waals surface area (Å²) in [6.45, 7) is 4.42. The molecule has 0 saturated carbocycles. The number of rotatable bonds is 9. The second-order valence-electron chi connectivity index (χ2n) is 7.60. The molecule has 164 valence electrons. The number of azo groups is 1. The van der Waals surface area contributed by atoms with Crippen LogP contribution in [0.1, 0.15) is 43.0 Å². The number of aliphatic carboxylic acids is 1. The molecular formula is C23H23N5O2S2. The zero-order chi connectivity index (χ0) is 22.5. The van der Waals surface area contributed by atoms with E-state index < -0.39 is 5.97 Å². The minimum atomic E-state index is -1.24. The number of hydrogen-bond donors (Lipinski definition) is 1. The average Bonchev–Trinajstić information content (AvgIpc) is 3.46. The molecule has 0 saturated heterocycles. The molecule has 0 fully saturated rings. The number of carboxylic acid groups (broad SMARTS) is 1. The van der Waals surface area contributed by atoms with Crippen LogP contribution in [0.15, 0.2) is 40.1 Å². The monoisotopic (exact) mass is 465 g/mol. The molecule has 0 aliphatic carbocycles. The predicted molar refractivity (Wildman–Crippen MR) is 129 cm³/mol. The molecule has 0 atom stereocenters. The molecule has 0 amide bonds. The van der Waals surface area contributed by atoms with Gasteiger partial charge in [-0.3, -0.25) is 0 Å². The van der Waals surface area contributed by atoms with Gasteiger partial charge in [0.05, 0.1) is 10.4 Å². The third-order valence-electron chi connectivity index (χ3n) is 5.32. The van der Waals surface area contributed by atoms with E-state index in [4.69, 9.17) is 10.4 Å². The Hall–Kier alpha value is -3.09. The highest BCUT2D eigenvalue weighted by Crippen LogP contribution is 2.36. The molecule has 1 aromatic carbocycles. The lowest BCUT2D eigenvalue weighted by atomic mass is 10.1. The molecule has 9 heteroatoms. The molecule has 0 radical (unpaired) electrons. The quantitative estimate of drug-likeness (QED) is 0.164. The largest absolute Gasteiger partial charge is 0.477 e. The number of fused-ring (bicyclic) bond motifs is 2. The molecule has 32 heavy (non-hydrogen) atoms. The van der Waals surface area contributed by atoms with E-state index >= 15 is 0 Å². The van der Waals surface area contributed by atoms with E-state index in [-0.39, 0.29) is 5.57 Å². The van der Waals surface area contributed by atoms with Gasteiger partial charge in [-0.25, -0.2) is 9.78 Å². The fraction of sp³-hybridized carbons (Fsp3) is 0.348. The number of anilines is 1. The maximum Gasteiger partial charge on any atom is 0.346 e. The lowest BCUT2D eigenvalue weighted by molar-refractivity contribution is -0.132. The first-order valence-corrected chi connectivity index (χ1v) is 12.3. The van der Waals surface area contributed by atoms with Crippen LogP contribution < -0.4 is 4.90 Å². The highest BCUT2D eigenvalue weighted by molar-refractivity contribution is 7.29. The first-order valence-electron chi connectivity index (χ1n) is 10.6. The Morgan fingerprint density at radius 1 is 1.28 bits per heavy atom. The van der Waals surface area contributed by atoms with Gasteiger partial charge in [-0.05, 0) is 48.7 Å². The maximum absolute atomic E-state index is 11.0. The number of thiazole rings is 1. The summed E-state index contributed by atoms with van der Waals surface area (Å²) in [5.41, 5.74) is 3.16. The normalized spacial score (nSPS) is 13.8. The summed E-state index contributed by atoms with van der Waals surface area (Å²) in [6, 6.07) is 9.76. The molecule has 4 rings (SSSR count). The summed E-state index contributed by atoms with van der Waals surface area (Å²) in [7, 11) is 0. The van der Waals surface area contributed by atoms with Crippen LogP contribution >= 0.6 is 22.7 Å². The van der Waals surface area contributed by atoms with Crippen molar-refractivity contribution in [2.45, 2.75) is 39.0 Å². The zero-order valence-electron chi connectivity index (χ0n) is 17.7. The van der Waals surface area contributed by atoms with Gasteiger partial charge in [0.2, 0.25) is 5.13 Å². The number of nitrogens with zero attached hydrogens (tertiary/aromatic N) is 5. The Labute approximate surface area is 194 Å². The first kappa shape index (κ1) is 22.1. The van der Waals surface area contributed by atoms with Crippen molar-refractivity contribution in [2.24, 2.45) is 10.2 Å². The average molecular weight is 466 g/mol. The fourth-order valence-electron chi connectivity index (χ4n) is 3.72. The SMILES string of the molecule is CCCCCCN1CCc2cc(/N=N/c3nc4sc(/C=C(\C#N)C(=O)O)cc4s3)ccc21. The van der Waals surface area contributed by atoms with Crippen LogP contribution in [0, 0.1) is 11.3 Å². The summed E-state index contributed by atoms with van der Waals surface area (Å²) >= 11 is 2.72. The van der Waals surface area contributed by atoms with E-state index in [1.165, 1.54) is 65.7 Å². The molecule has 2 aromatic heterocycles. The van der Waals surface area contributed by atoms with Crippen molar-refractivity contribution in [2.75, 3.05) is 18.0 Å². The minimum Gasteiger partial charge on any atom is -0.477 e. The van der Waals surface area contributed by atoms with E-state index in [9.17, 15) is 4.79 Å². The second-order valence-corrected chi connectivity index (χ2v) is 9.67. The number of hydrogen-bond acceptors (Lipinski definition) is 8. The van der Waals surface area contributed by atoms with E-state index in [0.717, 1.165) is 34.7 Å². The Morgan fingerprint density at radius 3 is 2.91 bits per heavy atom. The highest BCUT2D eigenvalue weighted by atomic mass is 32.1. The molecule has 1 aliphatic heterocycles. The van der Waals surface area contributed by atoms with Crippen LogP contribution in [0.2, 0.25) is 0 Å². The Balaban J connectivity index is 1.43. The van der Waals surface area contributed by atoms with Crippen molar-refractivity contribution in [1.29, 1.82) is 5.26 Å². The lowest BCUT2D eigenvalue weighted by Crippen LogP contribution is -2.21. The number of nitriles is 1. The fourth-order valence-corrected chi connectivity index (χ4v) is 5.71. The number of thiophene rings is 1. The van der Waals surface area contributed by atoms with Crippen LogP contribution in [-0.4, -0.2) is 29.1 Å². The van der Waals surface area contributed by atoms with Gasteiger partial charge in [-0.1, -0.05) is 37.5 Å². The number of carbonyl (C=O) groups is 1. The third-order valence-corrected chi connectivity index (χ3v) is 7.31. The predicted octanol–water partition coefficient (Wildman–Crippen LogP) is 6.71. The van der Waals surface area contributed by atoms with Crippen molar-refractivity contribution in [1.82, 2.24) is 4.98 Å². The smallest absolute Gasteiger partial charge is 0.346 e. The van der Waals surface area contributed by atoms with E-state index in [2.05, 4.69) is 39.2 Å². The molecule has 0 bridgehead atoms. The van der Waals surface area contributed by atoms with Crippen molar-refractivity contribution in [3.63, 3.8) is 0 Å². The zero-order valence-corrected chi connectivity index (χ0v) is 19.4. The lowest BCUT2D eigenvalue weighted by Gasteiger charge is -2.19. The molecule has 3 aromatic rings. The van der Waals surface area contributed by atoms with Gasteiger partial charge in [0.1, 0.15) is 16.5 Å². The topological polar surface area (TPSA) is 102 Å².